The first-order valence-corrected chi connectivity index (χ1v) is 4.90. The summed E-state index contributed by atoms with van der Waals surface area (Å²) >= 11 is 0. The van der Waals surface area contributed by atoms with E-state index in [1.807, 2.05) is 6.92 Å². The third-order valence-corrected chi connectivity index (χ3v) is 2.44. The first-order valence-electron chi connectivity index (χ1n) is 4.90. The van der Waals surface area contributed by atoms with E-state index in [-0.39, 0.29) is 6.61 Å². The highest BCUT2D eigenvalue weighted by Gasteiger charge is 2.08. The van der Waals surface area contributed by atoms with Crippen molar-refractivity contribution in [1.82, 2.24) is 0 Å². The van der Waals surface area contributed by atoms with Crippen molar-refractivity contribution >= 4 is 0 Å². The van der Waals surface area contributed by atoms with Gasteiger partial charge < -0.3 is 5.11 Å². The van der Waals surface area contributed by atoms with Crippen molar-refractivity contribution < 1.29 is 5.11 Å². The second kappa shape index (κ2) is 6.24. The van der Waals surface area contributed by atoms with E-state index in [0.29, 0.717) is 5.92 Å². The monoisotopic (exact) mass is 170 g/mol. The molecular weight excluding hydrogens is 148 g/mol. The molecule has 2 atom stereocenters. The Morgan fingerprint density at radius 3 is 2.42 bits per heavy atom. The molecule has 0 spiro atoms. The van der Waals surface area contributed by atoms with Crippen molar-refractivity contribution in [3.05, 3.63) is 11.6 Å². The first kappa shape index (κ1) is 11.7. The topological polar surface area (TPSA) is 20.2 Å². The van der Waals surface area contributed by atoms with Crippen LogP contribution < -0.4 is 0 Å². The second-order valence-corrected chi connectivity index (χ2v) is 3.80. The van der Waals surface area contributed by atoms with Crippen LogP contribution in [0.3, 0.4) is 0 Å². The molecule has 0 radical (unpaired) electrons. The van der Waals surface area contributed by atoms with Crippen molar-refractivity contribution in [2.24, 2.45) is 11.8 Å². The fourth-order valence-electron chi connectivity index (χ4n) is 1.38. The van der Waals surface area contributed by atoms with Gasteiger partial charge in [-0.05, 0) is 18.8 Å². The van der Waals surface area contributed by atoms with Crippen LogP contribution in [0.4, 0.5) is 0 Å². The average molecular weight is 170 g/mol. The van der Waals surface area contributed by atoms with Gasteiger partial charge in [-0.3, -0.25) is 0 Å². The molecule has 0 saturated heterocycles. The van der Waals surface area contributed by atoms with Crippen LogP contribution >= 0.6 is 0 Å². The van der Waals surface area contributed by atoms with Crippen LogP contribution in [0.25, 0.3) is 0 Å². The predicted molar refractivity (Wildman–Crippen MR) is 54.1 cm³/mol. The summed E-state index contributed by atoms with van der Waals surface area (Å²) in [7, 11) is 0. The number of rotatable bonds is 5. The highest BCUT2D eigenvalue weighted by molar-refractivity contribution is 5.00. The summed E-state index contributed by atoms with van der Waals surface area (Å²) in [6.45, 7) is 8.89. The van der Waals surface area contributed by atoms with Crippen LogP contribution in [-0.2, 0) is 0 Å². The van der Waals surface area contributed by atoms with Gasteiger partial charge in [0.1, 0.15) is 0 Å². The van der Waals surface area contributed by atoms with E-state index in [1.165, 1.54) is 12.8 Å². The zero-order valence-electron chi connectivity index (χ0n) is 8.80. The highest BCUT2D eigenvalue weighted by Crippen LogP contribution is 2.18. The van der Waals surface area contributed by atoms with Gasteiger partial charge in [0.25, 0.3) is 0 Å². The van der Waals surface area contributed by atoms with E-state index in [4.69, 9.17) is 5.11 Å². The van der Waals surface area contributed by atoms with Crippen LogP contribution in [0.1, 0.15) is 40.5 Å². The minimum absolute atomic E-state index is 0.198. The minimum Gasteiger partial charge on any atom is -0.392 e. The third kappa shape index (κ3) is 4.55. The SMILES string of the molecule is CCC[C@H](C)[C@@H](C)/C=C(\C)CO. The van der Waals surface area contributed by atoms with Gasteiger partial charge in [0.15, 0.2) is 0 Å². The van der Waals surface area contributed by atoms with Crippen molar-refractivity contribution in [2.75, 3.05) is 6.61 Å². The quantitative estimate of drug-likeness (QED) is 0.629. The Hall–Kier alpha value is -0.300. The zero-order valence-corrected chi connectivity index (χ0v) is 8.80. The molecule has 72 valence electrons. The Morgan fingerprint density at radius 1 is 1.42 bits per heavy atom. The van der Waals surface area contributed by atoms with Crippen LogP contribution in [0.5, 0.6) is 0 Å². The summed E-state index contributed by atoms with van der Waals surface area (Å²) in [4.78, 5) is 0. The van der Waals surface area contributed by atoms with Crippen LogP contribution in [0, 0.1) is 11.8 Å². The molecule has 0 aromatic carbocycles. The first-order chi connectivity index (χ1) is 5.61. The van der Waals surface area contributed by atoms with Crippen molar-refractivity contribution in [1.29, 1.82) is 0 Å². The van der Waals surface area contributed by atoms with E-state index in [1.54, 1.807) is 0 Å². The lowest BCUT2D eigenvalue weighted by Crippen LogP contribution is -2.05. The summed E-state index contributed by atoms with van der Waals surface area (Å²) in [5.74, 6) is 1.33. The van der Waals surface area contributed by atoms with E-state index in [2.05, 4.69) is 26.8 Å². The van der Waals surface area contributed by atoms with Gasteiger partial charge in [0.2, 0.25) is 0 Å². The standard InChI is InChI=1S/C11H22O/c1-5-6-10(3)11(4)7-9(2)8-12/h7,10-12H,5-6,8H2,1-4H3/b9-7+/t10-,11-/m0/s1. The summed E-state index contributed by atoms with van der Waals surface area (Å²) in [6.07, 6.45) is 4.70. The summed E-state index contributed by atoms with van der Waals surface area (Å²) in [5.41, 5.74) is 1.09. The maximum absolute atomic E-state index is 8.83. The Bertz CT molecular complexity index is 138. The number of allylic oxidation sites excluding steroid dienone is 1. The van der Waals surface area contributed by atoms with Crippen LogP contribution in [-0.4, -0.2) is 11.7 Å². The van der Waals surface area contributed by atoms with Gasteiger partial charge >= 0.3 is 0 Å². The normalized spacial score (nSPS) is 17.6. The molecule has 0 aromatic rings. The fraction of sp³-hybridized carbons (Fsp3) is 0.818. The van der Waals surface area contributed by atoms with Crippen molar-refractivity contribution in [2.45, 2.75) is 40.5 Å². The van der Waals surface area contributed by atoms with E-state index in [9.17, 15) is 0 Å². The highest BCUT2D eigenvalue weighted by atomic mass is 16.3. The van der Waals surface area contributed by atoms with Gasteiger partial charge in [-0.2, -0.15) is 0 Å². The molecule has 0 aliphatic rings. The number of hydrogen-bond donors (Lipinski definition) is 1. The Kier molecular flexibility index (Phi) is 6.09. The molecule has 0 fully saturated rings. The maximum Gasteiger partial charge on any atom is 0.0639 e. The molecule has 1 N–H and O–H groups in total. The number of aliphatic hydroxyl groups excluding tert-OH is 1. The Balaban J connectivity index is 3.92. The van der Waals surface area contributed by atoms with Gasteiger partial charge in [-0.25, -0.2) is 0 Å². The number of hydrogen-bond acceptors (Lipinski definition) is 1. The van der Waals surface area contributed by atoms with Crippen LogP contribution in [0.2, 0.25) is 0 Å². The van der Waals surface area contributed by atoms with Crippen LogP contribution in [0.15, 0.2) is 11.6 Å². The molecule has 1 nitrogen and oxygen atoms in total. The lowest BCUT2D eigenvalue weighted by Gasteiger charge is -2.16. The fourth-order valence-corrected chi connectivity index (χ4v) is 1.38. The molecule has 0 unspecified atom stereocenters. The molecule has 0 rings (SSSR count). The third-order valence-electron chi connectivity index (χ3n) is 2.44. The lowest BCUT2D eigenvalue weighted by molar-refractivity contribution is 0.328. The molecule has 0 aromatic heterocycles. The minimum atomic E-state index is 0.198. The molecule has 0 amide bonds. The molecular formula is C11H22O. The Labute approximate surface area is 76.5 Å². The van der Waals surface area contributed by atoms with E-state index >= 15 is 0 Å². The lowest BCUT2D eigenvalue weighted by atomic mass is 9.90. The molecule has 1 heteroatoms. The smallest absolute Gasteiger partial charge is 0.0639 e. The summed E-state index contributed by atoms with van der Waals surface area (Å²) in [5, 5.41) is 8.83. The number of aliphatic hydroxyl groups is 1. The molecule has 0 aliphatic carbocycles. The van der Waals surface area contributed by atoms with E-state index in [0.717, 1.165) is 11.5 Å². The average Bonchev–Trinajstić information content (AvgIpc) is 2.04. The second-order valence-electron chi connectivity index (χ2n) is 3.80. The van der Waals surface area contributed by atoms with Gasteiger partial charge in [0, 0.05) is 0 Å². The zero-order chi connectivity index (χ0) is 9.56. The largest absolute Gasteiger partial charge is 0.392 e. The van der Waals surface area contributed by atoms with E-state index < -0.39 is 0 Å². The molecule has 0 aliphatic heterocycles. The maximum atomic E-state index is 8.83. The summed E-state index contributed by atoms with van der Waals surface area (Å²) in [6, 6.07) is 0. The molecule has 0 heterocycles. The Morgan fingerprint density at radius 2 is 2.00 bits per heavy atom. The van der Waals surface area contributed by atoms with Crippen molar-refractivity contribution in [3.8, 4) is 0 Å². The van der Waals surface area contributed by atoms with Gasteiger partial charge in [-0.15, -0.1) is 0 Å². The predicted octanol–water partition coefficient (Wildman–Crippen LogP) is 3.00. The summed E-state index contributed by atoms with van der Waals surface area (Å²) < 4.78 is 0. The molecule has 0 saturated carbocycles. The molecule has 0 bridgehead atoms. The van der Waals surface area contributed by atoms with Gasteiger partial charge in [0.05, 0.1) is 6.61 Å². The van der Waals surface area contributed by atoms with Gasteiger partial charge in [-0.1, -0.05) is 45.3 Å². The van der Waals surface area contributed by atoms with Crippen molar-refractivity contribution in [3.63, 3.8) is 0 Å². The molecule has 12 heavy (non-hydrogen) atoms.